The first-order valence-electron chi connectivity index (χ1n) is 28.3. The molecule has 0 aromatic carbocycles. The van der Waals surface area contributed by atoms with E-state index in [2.05, 4.69) is 81.5 Å². The highest BCUT2D eigenvalue weighted by Crippen LogP contribution is 2.16. The molecular weight excluding hydrogens is 817 g/mol. The first-order chi connectivity index (χ1) is 32.5. The molecule has 0 aliphatic rings. The standard InChI is InChI=1S/C60H106O6/c1-4-7-10-13-16-19-22-25-28-29-30-33-35-38-41-44-47-50-53-59(62)65-56-57(66-60(63)54-51-48-45-42-39-36-32-27-24-21-18-15-12-9-6-3)55-64-58(61)52-49-46-43-40-37-34-31-26-23-20-17-14-11-8-5-2/h18,21-22,24-25,27-30,33,57H,4-17,19-20,23,26,31-32,34-56H2,1-3H3/b21-18-,25-22-,27-24-,29-28-,33-30-. The fourth-order valence-corrected chi connectivity index (χ4v) is 8.02. The summed E-state index contributed by atoms with van der Waals surface area (Å²) in [6.07, 6.45) is 67.7. The maximum Gasteiger partial charge on any atom is 0.306 e. The molecule has 0 saturated carbocycles. The van der Waals surface area contributed by atoms with Gasteiger partial charge in [-0.1, -0.05) is 255 Å². The summed E-state index contributed by atoms with van der Waals surface area (Å²) in [6.45, 7) is 6.59. The average Bonchev–Trinajstić information content (AvgIpc) is 3.31. The second kappa shape index (κ2) is 54.7. The van der Waals surface area contributed by atoms with E-state index in [9.17, 15) is 14.4 Å². The maximum absolute atomic E-state index is 12.8. The highest BCUT2D eigenvalue weighted by molar-refractivity contribution is 5.71. The first-order valence-corrected chi connectivity index (χ1v) is 28.3. The van der Waals surface area contributed by atoms with Gasteiger partial charge in [0.05, 0.1) is 0 Å². The van der Waals surface area contributed by atoms with E-state index in [0.29, 0.717) is 19.3 Å². The molecule has 0 saturated heterocycles. The molecule has 0 bridgehead atoms. The minimum Gasteiger partial charge on any atom is -0.462 e. The highest BCUT2D eigenvalue weighted by Gasteiger charge is 2.19. The van der Waals surface area contributed by atoms with Crippen molar-refractivity contribution in [3.63, 3.8) is 0 Å². The van der Waals surface area contributed by atoms with Crippen LogP contribution in [0.1, 0.15) is 284 Å². The number of hydrogen-bond acceptors (Lipinski definition) is 6. The largest absolute Gasteiger partial charge is 0.462 e. The lowest BCUT2D eigenvalue weighted by Gasteiger charge is -2.18. The fourth-order valence-electron chi connectivity index (χ4n) is 8.02. The van der Waals surface area contributed by atoms with E-state index in [0.717, 1.165) is 89.9 Å². The molecule has 0 amide bonds. The Labute approximate surface area is 409 Å². The predicted octanol–water partition coefficient (Wildman–Crippen LogP) is 18.8. The average molecular weight is 924 g/mol. The van der Waals surface area contributed by atoms with E-state index >= 15 is 0 Å². The number of allylic oxidation sites excluding steroid dienone is 10. The summed E-state index contributed by atoms with van der Waals surface area (Å²) in [7, 11) is 0. The van der Waals surface area contributed by atoms with Crippen molar-refractivity contribution in [2.24, 2.45) is 0 Å². The molecule has 0 N–H and O–H groups in total. The van der Waals surface area contributed by atoms with Gasteiger partial charge in [-0.05, 0) is 70.6 Å². The molecule has 0 radical (unpaired) electrons. The molecule has 6 heteroatoms. The van der Waals surface area contributed by atoms with E-state index in [1.165, 1.54) is 154 Å². The molecule has 0 heterocycles. The second-order valence-electron chi connectivity index (χ2n) is 18.9. The zero-order chi connectivity index (χ0) is 47.9. The number of carbonyl (C=O) groups is 3. The van der Waals surface area contributed by atoms with E-state index in [-0.39, 0.29) is 31.1 Å². The first kappa shape index (κ1) is 63.1. The summed E-state index contributed by atoms with van der Waals surface area (Å²) in [5, 5.41) is 0. The van der Waals surface area contributed by atoms with Crippen LogP contribution in [0.4, 0.5) is 0 Å². The molecule has 6 nitrogen and oxygen atoms in total. The smallest absolute Gasteiger partial charge is 0.306 e. The minimum atomic E-state index is -0.787. The summed E-state index contributed by atoms with van der Waals surface area (Å²) in [6, 6.07) is 0. The molecule has 0 aromatic heterocycles. The van der Waals surface area contributed by atoms with Gasteiger partial charge in [-0.25, -0.2) is 0 Å². The van der Waals surface area contributed by atoms with E-state index in [4.69, 9.17) is 14.2 Å². The van der Waals surface area contributed by atoms with Crippen molar-refractivity contribution in [1.82, 2.24) is 0 Å². The van der Waals surface area contributed by atoms with E-state index in [1.807, 2.05) is 0 Å². The van der Waals surface area contributed by atoms with Crippen LogP contribution in [0.25, 0.3) is 0 Å². The van der Waals surface area contributed by atoms with Gasteiger partial charge in [-0.15, -0.1) is 0 Å². The number of carbonyl (C=O) groups excluding carboxylic acids is 3. The topological polar surface area (TPSA) is 78.9 Å². The summed E-state index contributed by atoms with van der Waals surface area (Å²) < 4.78 is 16.8. The molecule has 0 aliphatic carbocycles. The van der Waals surface area contributed by atoms with Gasteiger partial charge in [0, 0.05) is 19.3 Å². The van der Waals surface area contributed by atoms with Gasteiger partial charge in [0.1, 0.15) is 13.2 Å². The Kier molecular flexibility index (Phi) is 52.3. The van der Waals surface area contributed by atoms with Gasteiger partial charge in [0.2, 0.25) is 0 Å². The molecule has 1 unspecified atom stereocenters. The summed E-state index contributed by atoms with van der Waals surface area (Å²) in [5.41, 5.74) is 0. The van der Waals surface area contributed by atoms with Crippen LogP contribution in [-0.4, -0.2) is 37.2 Å². The van der Waals surface area contributed by atoms with Crippen LogP contribution in [0.5, 0.6) is 0 Å². The van der Waals surface area contributed by atoms with Gasteiger partial charge in [-0.3, -0.25) is 14.4 Å². The maximum atomic E-state index is 12.8. The summed E-state index contributed by atoms with van der Waals surface area (Å²) in [4.78, 5) is 38.1. The van der Waals surface area contributed by atoms with Crippen molar-refractivity contribution in [1.29, 1.82) is 0 Å². The number of unbranched alkanes of at least 4 members (excludes halogenated alkanes) is 33. The van der Waals surface area contributed by atoms with Crippen molar-refractivity contribution < 1.29 is 28.6 Å². The van der Waals surface area contributed by atoms with Gasteiger partial charge in [0.15, 0.2) is 6.10 Å². The zero-order valence-corrected chi connectivity index (χ0v) is 43.7. The lowest BCUT2D eigenvalue weighted by molar-refractivity contribution is -0.167. The molecule has 0 aromatic rings. The number of hydrogen-bond donors (Lipinski definition) is 0. The quantitative estimate of drug-likeness (QED) is 0.0262. The third-order valence-electron chi connectivity index (χ3n) is 12.3. The third kappa shape index (κ3) is 52.1. The van der Waals surface area contributed by atoms with Crippen LogP contribution >= 0.6 is 0 Å². The fraction of sp³-hybridized carbons (Fsp3) is 0.783. The van der Waals surface area contributed by atoms with Crippen molar-refractivity contribution in [2.75, 3.05) is 13.2 Å². The van der Waals surface area contributed by atoms with Crippen LogP contribution in [0.2, 0.25) is 0 Å². The van der Waals surface area contributed by atoms with Crippen LogP contribution in [-0.2, 0) is 28.6 Å². The summed E-state index contributed by atoms with van der Waals surface area (Å²) in [5.74, 6) is -0.905. The van der Waals surface area contributed by atoms with Crippen molar-refractivity contribution in [3.8, 4) is 0 Å². The molecular formula is C60H106O6. The van der Waals surface area contributed by atoms with Gasteiger partial charge >= 0.3 is 17.9 Å². The molecule has 0 spiro atoms. The lowest BCUT2D eigenvalue weighted by atomic mass is 10.0. The van der Waals surface area contributed by atoms with Gasteiger partial charge < -0.3 is 14.2 Å². The van der Waals surface area contributed by atoms with Crippen molar-refractivity contribution in [3.05, 3.63) is 60.8 Å². The number of esters is 3. The Hall–Kier alpha value is -2.89. The van der Waals surface area contributed by atoms with E-state index in [1.54, 1.807) is 0 Å². The van der Waals surface area contributed by atoms with Gasteiger partial charge in [-0.2, -0.15) is 0 Å². The molecule has 0 fully saturated rings. The Balaban J connectivity index is 4.42. The molecule has 382 valence electrons. The predicted molar refractivity (Wildman–Crippen MR) is 284 cm³/mol. The molecule has 1 atom stereocenters. The van der Waals surface area contributed by atoms with Crippen LogP contribution in [0, 0.1) is 0 Å². The molecule has 66 heavy (non-hydrogen) atoms. The molecule has 0 aliphatic heterocycles. The van der Waals surface area contributed by atoms with Crippen LogP contribution < -0.4 is 0 Å². The second-order valence-corrected chi connectivity index (χ2v) is 18.9. The third-order valence-corrected chi connectivity index (χ3v) is 12.3. The summed E-state index contributed by atoms with van der Waals surface area (Å²) >= 11 is 0. The Bertz CT molecular complexity index is 1200. The highest BCUT2D eigenvalue weighted by atomic mass is 16.6. The van der Waals surface area contributed by atoms with Crippen LogP contribution in [0.15, 0.2) is 60.8 Å². The molecule has 0 rings (SSSR count). The Morgan fingerprint density at radius 2 is 0.545 bits per heavy atom. The lowest BCUT2D eigenvalue weighted by Crippen LogP contribution is -2.30. The number of rotatable bonds is 51. The minimum absolute atomic E-state index is 0.0835. The SMILES string of the molecule is CCCCC/C=C\C=C/CCCCCCCCC(=O)OC(COC(=O)CCCCCCC\C=C/C=C\C=C/CCCCCCC)COC(=O)CCCCCCCCCCCCCCCCC. The zero-order valence-electron chi connectivity index (χ0n) is 43.7. The van der Waals surface area contributed by atoms with Gasteiger partial charge in [0.25, 0.3) is 0 Å². The monoisotopic (exact) mass is 923 g/mol. The normalized spacial score (nSPS) is 12.5. The Morgan fingerprint density at radius 1 is 0.303 bits per heavy atom. The van der Waals surface area contributed by atoms with Crippen molar-refractivity contribution in [2.45, 2.75) is 290 Å². The van der Waals surface area contributed by atoms with Crippen molar-refractivity contribution >= 4 is 17.9 Å². The van der Waals surface area contributed by atoms with E-state index < -0.39 is 6.10 Å². The number of ether oxygens (including phenoxy) is 3. The van der Waals surface area contributed by atoms with Crippen LogP contribution in [0.3, 0.4) is 0 Å². The Morgan fingerprint density at radius 3 is 0.879 bits per heavy atom.